The number of rotatable bonds is 6. The minimum Gasteiger partial charge on any atom is -0.477 e. The summed E-state index contributed by atoms with van der Waals surface area (Å²) in [5.74, 6) is -6.96. The van der Waals surface area contributed by atoms with Crippen molar-refractivity contribution in [3.63, 3.8) is 0 Å². The molecule has 0 heterocycles. The van der Waals surface area contributed by atoms with Gasteiger partial charge in [0.25, 0.3) is 0 Å². The molecule has 2 rings (SSSR count). The van der Waals surface area contributed by atoms with Crippen LogP contribution >= 0.6 is 0 Å². The van der Waals surface area contributed by atoms with Crippen molar-refractivity contribution in [3.05, 3.63) is 70.3 Å². The summed E-state index contributed by atoms with van der Waals surface area (Å²) in [5.41, 5.74) is -2.69. The van der Waals surface area contributed by atoms with Crippen molar-refractivity contribution in [3.8, 4) is 17.2 Å². The van der Waals surface area contributed by atoms with Crippen LogP contribution in [0.15, 0.2) is 30.4 Å². The first-order valence-corrected chi connectivity index (χ1v) is 8.10. The van der Waals surface area contributed by atoms with Gasteiger partial charge in [-0.3, -0.25) is 0 Å². The van der Waals surface area contributed by atoms with E-state index in [1.54, 1.807) is 6.08 Å². The number of carboxylic acids is 1. The second kappa shape index (κ2) is 8.49. The number of aryl methyl sites for hydroxylation is 1. The van der Waals surface area contributed by atoms with Crippen molar-refractivity contribution < 1.29 is 27.5 Å². The van der Waals surface area contributed by atoms with E-state index >= 15 is 0 Å². The van der Waals surface area contributed by atoms with Gasteiger partial charge >= 0.3 is 5.97 Å². The van der Waals surface area contributed by atoms with Gasteiger partial charge in [-0.15, -0.1) is 0 Å². The van der Waals surface area contributed by atoms with E-state index in [0.717, 1.165) is 24.6 Å². The van der Waals surface area contributed by atoms with Gasteiger partial charge in [0, 0.05) is 5.56 Å². The molecule has 3 nitrogen and oxygen atoms in total. The SMILES string of the molecule is CCC=CCCc1cc(F)c(C(=O)O)c(F)c1-c1cc(F)c(C#N)c(F)c1. The molecule has 0 saturated heterocycles. The molecule has 1 N–H and O–H groups in total. The van der Waals surface area contributed by atoms with Crippen molar-refractivity contribution >= 4 is 5.97 Å². The summed E-state index contributed by atoms with van der Waals surface area (Å²) in [6.45, 7) is 1.91. The summed E-state index contributed by atoms with van der Waals surface area (Å²) >= 11 is 0. The summed E-state index contributed by atoms with van der Waals surface area (Å²) in [6, 6.07) is 3.67. The number of halogens is 4. The maximum Gasteiger partial charge on any atom is 0.341 e. The number of carboxylic acid groups (broad SMARTS) is 1. The average Bonchev–Trinajstić information content (AvgIpc) is 2.57. The van der Waals surface area contributed by atoms with Gasteiger partial charge in [0.2, 0.25) is 0 Å². The van der Waals surface area contributed by atoms with Gasteiger partial charge in [-0.2, -0.15) is 5.26 Å². The number of benzene rings is 2. The van der Waals surface area contributed by atoms with E-state index in [0.29, 0.717) is 6.42 Å². The summed E-state index contributed by atoms with van der Waals surface area (Å²) < 4.78 is 56.8. The lowest BCUT2D eigenvalue weighted by Crippen LogP contribution is -2.09. The number of allylic oxidation sites excluding steroid dienone is 2. The first-order chi connectivity index (χ1) is 12.8. The van der Waals surface area contributed by atoms with E-state index in [-0.39, 0.29) is 17.5 Å². The van der Waals surface area contributed by atoms with Crippen molar-refractivity contribution in [2.75, 3.05) is 0 Å². The zero-order valence-electron chi connectivity index (χ0n) is 14.3. The Bertz CT molecular complexity index is 938. The van der Waals surface area contributed by atoms with Crippen LogP contribution < -0.4 is 0 Å². The molecule has 0 saturated carbocycles. The van der Waals surface area contributed by atoms with Crippen LogP contribution in [-0.4, -0.2) is 11.1 Å². The maximum absolute atomic E-state index is 14.8. The molecule has 27 heavy (non-hydrogen) atoms. The molecule has 7 heteroatoms. The van der Waals surface area contributed by atoms with E-state index in [1.807, 2.05) is 13.0 Å². The van der Waals surface area contributed by atoms with Gasteiger partial charge in [-0.25, -0.2) is 22.4 Å². The molecule has 0 radical (unpaired) electrons. The van der Waals surface area contributed by atoms with Crippen molar-refractivity contribution in [2.45, 2.75) is 26.2 Å². The molecule has 0 aromatic heterocycles. The van der Waals surface area contributed by atoms with E-state index in [9.17, 15) is 22.4 Å². The lowest BCUT2D eigenvalue weighted by molar-refractivity contribution is 0.0686. The monoisotopic (exact) mass is 377 g/mol. The molecule has 0 spiro atoms. The molecule has 0 aliphatic heterocycles. The van der Waals surface area contributed by atoms with Crippen molar-refractivity contribution in [1.82, 2.24) is 0 Å². The number of carbonyl (C=O) groups is 1. The van der Waals surface area contributed by atoms with Crippen LogP contribution in [0.2, 0.25) is 0 Å². The highest BCUT2D eigenvalue weighted by Gasteiger charge is 2.25. The van der Waals surface area contributed by atoms with E-state index in [1.165, 1.54) is 6.07 Å². The Labute approximate surface area is 153 Å². The van der Waals surface area contributed by atoms with Crippen molar-refractivity contribution in [1.29, 1.82) is 5.26 Å². The molecular formula is C20H15F4NO2. The van der Waals surface area contributed by atoms with Gasteiger partial charge in [-0.1, -0.05) is 19.1 Å². The first kappa shape index (κ1) is 20.2. The quantitative estimate of drug-likeness (QED) is 0.543. The number of nitrogens with zero attached hydrogens (tertiary/aromatic N) is 1. The smallest absolute Gasteiger partial charge is 0.341 e. The zero-order valence-corrected chi connectivity index (χ0v) is 14.3. The minimum absolute atomic E-state index is 0.0688. The van der Waals surface area contributed by atoms with Crippen LogP contribution in [0.1, 0.15) is 41.3 Å². The lowest BCUT2D eigenvalue weighted by Gasteiger charge is -2.14. The molecule has 140 valence electrons. The Morgan fingerprint density at radius 2 is 1.74 bits per heavy atom. The predicted octanol–water partition coefficient (Wildman–Crippen LogP) is 5.38. The van der Waals surface area contributed by atoms with Gasteiger partial charge in [0.15, 0.2) is 0 Å². The second-order valence-electron chi connectivity index (χ2n) is 5.73. The Morgan fingerprint density at radius 1 is 1.11 bits per heavy atom. The molecule has 0 amide bonds. The highest BCUT2D eigenvalue weighted by Crippen LogP contribution is 2.33. The molecule has 0 atom stereocenters. The third-order valence-corrected chi connectivity index (χ3v) is 3.94. The molecule has 0 aliphatic carbocycles. The standard InChI is InChI=1S/C20H15F4NO2/c1-2-3-4-5-6-11-7-16(23)18(20(26)27)19(24)17(11)12-8-14(21)13(10-25)15(22)9-12/h3-4,7-9H,2,5-6H2,1H3,(H,26,27). The zero-order chi connectivity index (χ0) is 20.1. The maximum atomic E-state index is 14.8. The fourth-order valence-corrected chi connectivity index (χ4v) is 2.72. The lowest BCUT2D eigenvalue weighted by atomic mass is 9.92. The van der Waals surface area contributed by atoms with Crippen LogP contribution in [0.25, 0.3) is 11.1 Å². The first-order valence-electron chi connectivity index (χ1n) is 8.10. The normalized spacial score (nSPS) is 11.0. The highest BCUT2D eigenvalue weighted by atomic mass is 19.1. The van der Waals surface area contributed by atoms with Gasteiger partial charge in [-0.05, 0) is 48.6 Å². The predicted molar refractivity (Wildman–Crippen MR) is 91.1 cm³/mol. The molecule has 0 unspecified atom stereocenters. The fraction of sp³-hybridized carbons (Fsp3) is 0.200. The van der Waals surface area contributed by atoms with Gasteiger partial charge in [0.05, 0.1) is 0 Å². The second-order valence-corrected chi connectivity index (χ2v) is 5.73. The van der Waals surface area contributed by atoms with E-state index in [2.05, 4.69) is 0 Å². The van der Waals surface area contributed by atoms with E-state index in [4.69, 9.17) is 10.4 Å². The minimum atomic E-state index is -1.83. The largest absolute Gasteiger partial charge is 0.477 e. The van der Waals surface area contributed by atoms with Crippen molar-refractivity contribution in [2.24, 2.45) is 0 Å². The third kappa shape index (κ3) is 4.17. The summed E-state index contributed by atoms with van der Waals surface area (Å²) in [4.78, 5) is 11.2. The topological polar surface area (TPSA) is 61.1 Å². The molecule has 0 bridgehead atoms. The Hall–Kier alpha value is -3.14. The Balaban J connectivity index is 2.71. The van der Waals surface area contributed by atoms with Gasteiger partial charge < -0.3 is 5.11 Å². The van der Waals surface area contributed by atoms with Crippen LogP contribution in [0.3, 0.4) is 0 Å². The molecule has 2 aromatic rings. The number of hydrogen-bond donors (Lipinski definition) is 1. The average molecular weight is 377 g/mol. The molecule has 0 aliphatic rings. The van der Waals surface area contributed by atoms with Gasteiger partial charge in [0.1, 0.15) is 40.5 Å². The summed E-state index contributed by atoms with van der Waals surface area (Å²) in [6.07, 6.45) is 4.92. The highest BCUT2D eigenvalue weighted by molar-refractivity contribution is 5.91. The van der Waals surface area contributed by atoms with Crippen LogP contribution in [0, 0.1) is 34.6 Å². The molecule has 2 aromatic carbocycles. The summed E-state index contributed by atoms with van der Waals surface area (Å²) in [5, 5.41) is 17.8. The van der Waals surface area contributed by atoms with Crippen LogP contribution in [0.5, 0.6) is 0 Å². The van der Waals surface area contributed by atoms with Crippen LogP contribution in [-0.2, 0) is 6.42 Å². The molecule has 0 fully saturated rings. The Morgan fingerprint density at radius 3 is 2.26 bits per heavy atom. The number of nitriles is 1. The molecular weight excluding hydrogens is 362 g/mol. The number of hydrogen-bond acceptors (Lipinski definition) is 2. The fourth-order valence-electron chi connectivity index (χ4n) is 2.72. The number of aromatic carboxylic acids is 1. The van der Waals surface area contributed by atoms with E-state index < -0.39 is 45.9 Å². The third-order valence-electron chi connectivity index (χ3n) is 3.94. The Kier molecular flexibility index (Phi) is 6.35. The summed E-state index contributed by atoms with van der Waals surface area (Å²) in [7, 11) is 0. The van der Waals surface area contributed by atoms with Crippen LogP contribution in [0.4, 0.5) is 17.6 Å².